The molecule has 5 heteroatoms. The van der Waals surface area contributed by atoms with Crippen LogP contribution in [0.1, 0.15) is 0 Å². The van der Waals surface area contributed by atoms with Crippen LogP contribution in [0.2, 0.25) is 0 Å². The van der Waals surface area contributed by atoms with Crippen molar-refractivity contribution in [2.24, 2.45) is 0 Å². The number of hydrogen-bond acceptors (Lipinski definition) is 0. The maximum Gasteiger partial charge on any atom is -0.0134 e. The molecule has 12 rings (SSSR count). The van der Waals surface area contributed by atoms with E-state index >= 15 is 0 Å². The van der Waals surface area contributed by atoms with Crippen LogP contribution in [0.15, 0.2) is 364 Å². The van der Waals surface area contributed by atoms with Gasteiger partial charge in [0, 0.05) is 0 Å². The van der Waals surface area contributed by atoms with Gasteiger partial charge in [0.25, 0.3) is 0 Å². The summed E-state index contributed by atoms with van der Waals surface area (Å²) in [6.45, 7) is 0. The third kappa shape index (κ3) is 16.4. The SMILES string of the molecule is [FeH2].c1ccc(P(c2ccccc2)c2ccccc2)cc1.c1ccc(P(c2ccccc2)c2ccccc2)cc1.c1ccc(P(c2ccccc2)c2ccccc2)cc1.c1ccc(P(c2ccccc2)c2ccccc2)cc1. The first-order valence-electron chi connectivity index (χ1n) is 25.6. The Bertz CT molecular complexity index is 2580. The second kappa shape index (κ2) is 31.2. The Morgan fingerprint density at radius 1 is 0.104 bits per heavy atom. The fourth-order valence-corrected chi connectivity index (χ4v) is 17.9. The van der Waals surface area contributed by atoms with E-state index in [-0.39, 0.29) is 17.1 Å². The summed E-state index contributed by atoms with van der Waals surface area (Å²) < 4.78 is 0. The molecule has 0 unspecified atom stereocenters. The molecule has 0 atom stereocenters. The van der Waals surface area contributed by atoms with Crippen LogP contribution in [-0.4, -0.2) is 0 Å². The van der Waals surface area contributed by atoms with Gasteiger partial charge in [-0.3, -0.25) is 0 Å². The van der Waals surface area contributed by atoms with Crippen molar-refractivity contribution >= 4 is 95.3 Å². The molecular weight excluding hydrogens is 1040 g/mol. The Morgan fingerprint density at radius 2 is 0.169 bits per heavy atom. The fraction of sp³-hybridized carbons (Fsp3) is 0. The van der Waals surface area contributed by atoms with Gasteiger partial charge in [-0.05, 0) is 95.3 Å². The Kier molecular flexibility index (Phi) is 22.7. The van der Waals surface area contributed by atoms with Crippen molar-refractivity contribution in [2.75, 3.05) is 0 Å². The van der Waals surface area contributed by atoms with E-state index in [1.54, 1.807) is 0 Å². The van der Waals surface area contributed by atoms with Crippen molar-refractivity contribution in [3.63, 3.8) is 0 Å². The summed E-state index contributed by atoms with van der Waals surface area (Å²) in [4.78, 5) is 0. The average molecular weight is 1110 g/mol. The van der Waals surface area contributed by atoms with Crippen molar-refractivity contribution < 1.29 is 17.1 Å². The van der Waals surface area contributed by atoms with Gasteiger partial charge in [-0.2, -0.15) is 0 Å². The van der Waals surface area contributed by atoms with Gasteiger partial charge >= 0.3 is 17.1 Å². The number of hydrogen-bond donors (Lipinski definition) is 0. The van der Waals surface area contributed by atoms with Crippen LogP contribution < -0.4 is 63.7 Å². The molecule has 0 aromatic heterocycles. The van der Waals surface area contributed by atoms with E-state index in [2.05, 4.69) is 364 Å². The van der Waals surface area contributed by atoms with Gasteiger partial charge in [0.2, 0.25) is 0 Å². The molecule has 0 radical (unpaired) electrons. The standard InChI is InChI=1S/4C18H15P.Fe.2H/c4*1-4-10-16(11-5-1)19(17-12-6-2-7-13-17)18-14-8-3-9-15-18;;;/h4*1-15H;;;. The minimum Gasteiger partial charge on any atom is -0.0622 e. The molecule has 0 aliphatic rings. The average Bonchev–Trinajstić information content (AvgIpc) is 3.51. The molecule has 0 nitrogen and oxygen atoms in total. The molecule has 12 aromatic carbocycles. The van der Waals surface area contributed by atoms with Crippen molar-refractivity contribution in [1.29, 1.82) is 0 Å². The maximum absolute atomic E-state index is 2.23. The summed E-state index contributed by atoms with van der Waals surface area (Å²) in [6.07, 6.45) is 0. The first-order valence-corrected chi connectivity index (χ1v) is 31.0. The van der Waals surface area contributed by atoms with Crippen molar-refractivity contribution in [2.45, 2.75) is 0 Å². The first kappa shape index (κ1) is 56.1. The van der Waals surface area contributed by atoms with E-state index in [0.717, 1.165) is 0 Å². The van der Waals surface area contributed by atoms with Gasteiger partial charge in [0.1, 0.15) is 0 Å². The summed E-state index contributed by atoms with van der Waals surface area (Å²) in [6, 6.07) is 129. The minimum absolute atomic E-state index is 0. The van der Waals surface area contributed by atoms with Crippen LogP contribution in [0.3, 0.4) is 0 Å². The molecule has 77 heavy (non-hydrogen) atoms. The molecule has 0 N–H and O–H groups in total. The Morgan fingerprint density at radius 3 is 0.234 bits per heavy atom. The summed E-state index contributed by atoms with van der Waals surface area (Å²) in [5, 5.41) is 16.8. The van der Waals surface area contributed by atoms with Gasteiger partial charge in [0.15, 0.2) is 0 Å². The predicted molar refractivity (Wildman–Crippen MR) is 343 cm³/mol. The molecule has 12 aromatic rings. The first-order chi connectivity index (χ1) is 37.8. The van der Waals surface area contributed by atoms with Gasteiger partial charge < -0.3 is 0 Å². The Balaban J connectivity index is 0.000000135. The van der Waals surface area contributed by atoms with Gasteiger partial charge in [-0.25, -0.2) is 0 Å². The second-order valence-electron chi connectivity index (χ2n) is 17.4. The van der Waals surface area contributed by atoms with Crippen molar-refractivity contribution in [3.8, 4) is 0 Å². The Labute approximate surface area is 473 Å². The molecule has 0 saturated heterocycles. The maximum atomic E-state index is 2.23. The van der Waals surface area contributed by atoms with Gasteiger partial charge in [-0.1, -0.05) is 364 Å². The zero-order valence-corrected chi connectivity index (χ0v) is 47.7. The molecule has 0 heterocycles. The van der Waals surface area contributed by atoms with Crippen molar-refractivity contribution in [1.82, 2.24) is 0 Å². The number of benzene rings is 12. The molecule has 0 aliphatic heterocycles. The minimum atomic E-state index is -0.446. The summed E-state index contributed by atoms with van der Waals surface area (Å²) in [7, 11) is -1.78. The quantitative estimate of drug-likeness (QED) is 0.0845. The van der Waals surface area contributed by atoms with E-state index in [0.29, 0.717) is 0 Å². The van der Waals surface area contributed by atoms with Crippen LogP contribution in [0.25, 0.3) is 0 Å². The molecular formula is C72H62FeP4. The monoisotopic (exact) mass is 1110 g/mol. The molecule has 0 fully saturated rings. The van der Waals surface area contributed by atoms with Crippen LogP contribution in [0.5, 0.6) is 0 Å². The zero-order valence-electron chi connectivity index (χ0n) is 42.8. The topological polar surface area (TPSA) is 0 Å². The summed E-state index contributed by atoms with van der Waals surface area (Å²) >= 11 is 0. The Hall–Kier alpha value is -7.12. The van der Waals surface area contributed by atoms with Crippen LogP contribution in [0.4, 0.5) is 0 Å². The second-order valence-corrected chi connectivity index (χ2v) is 26.2. The molecule has 0 aliphatic carbocycles. The van der Waals surface area contributed by atoms with Gasteiger partial charge in [0.05, 0.1) is 0 Å². The normalized spacial score (nSPS) is 10.4. The van der Waals surface area contributed by atoms with E-state index in [1.165, 1.54) is 63.7 Å². The van der Waals surface area contributed by atoms with Crippen LogP contribution >= 0.6 is 31.7 Å². The largest absolute Gasteiger partial charge is 0.0622 e. The van der Waals surface area contributed by atoms with E-state index < -0.39 is 31.7 Å². The van der Waals surface area contributed by atoms with E-state index in [1.807, 2.05) is 0 Å². The van der Waals surface area contributed by atoms with Gasteiger partial charge in [-0.15, -0.1) is 0 Å². The molecule has 0 bridgehead atoms. The molecule has 0 spiro atoms. The molecule has 378 valence electrons. The number of rotatable bonds is 12. The molecule has 0 amide bonds. The third-order valence-corrected chi connectivity index (χ3v) is 21.9. The predicted octanol–water partition coefficient (Wildman–Crippen LogP) is 13.2. The zero-order chi connectivity index (χ0) is 51.7. The van der Waals surface area contributed by atoms with Crippen LogP contribution in [-0.2, 0) is 17.1 Å². The summed E-state index contributed by atoms with van der Waals surface area (Å²) in [5.74, 6) is 0. The van der Waals surface area contributed by atoms with E-state index in [4.69, 9.17) is 0 Å². The summed E-state index contributed by atoms with van der Waals surface area (Å²) in [5.41, 5.74) is 0. The van der Waals surface area contributed by atoms with E-state index in [9.17, 15) is 0 Å². The van der Waals surface area contributed by atoms with Crippen molar-refractivity contribution in [3.05, 3.63) is 364 Å². The molecule has 0 saturated carbocycles. The fourth-order valence-electron chi connectivity index (χ4n) is 8.71. The third-order valence-electron chi connectivity index (χ3n) is 12.2. The smallest absolute Gasteiger partial charge is 0.0134 e. The van der Waals surface area contributed by atoms with Crippen LogP contribution in [0, 0.1) is 0 Å².